The third-order valence-electron chi connectivity index (χ3n) is 3.11. The largest absolute Gasteiger partial charge is 0.289 e. The molecular weight excluding hydrogens is 296 g/mol. The second-order valence-corrected chi connectivity index (χ2v) is 6.19. The average Bonchev–Trinajstić information content (AvgIpc) is 2.56. The highest BCUT2D eigenvalue weighted by atomic mass is 32.2. The molecule has 0 aromatic heterocycles. The van der Waals surface area contributed by atoms with Gasteiger partial charge in [0.05, 0.1) is 0 Å². The van der Waals surface area contributed by atoms with Gasteiger partial charge in [-0.25, -0.2) is 0 Å². The minimum Gasteiger partial charge on any atom is -0.289 e. The standard InChI is InChI=1S/C18H18OS2/c1-20-13-16(17(19)14-9-5-3-6-10-14)18(21-2)15-11-7-4-8-12-15/h3-12H,13H2,1-2H3/b18-16-. The lowest BCUT2D eigenvalue weighted by atomic mass is 10.0. The van der Waals surface area contributed by atoms with Crippen molar-refractivity contribution in [2.75, 3.05) is 18.3 Å². The zero-order valence-electron chi connectivity index (χ0n) is 12.2. The van der Waals surface area contributed by atoms with Gasteiger partial charge in [-0.3, -0.25) is 4.79 Å². The van der Waals surface area contributed by atoms with E-state index in [9.17, 15) is 4.79 Å². The Morgan fingerprint density at radius 1 is 0.857 bits per heavy atom. The third-order valence-corrected chi connectivity index (χ3v) is 4.58. The summed E-state index contributed by atoms with van der Waals surface area (Å²) >= 11 is 3.32. The molecular formula is C18H18OS2. The summed E-state index contributed by atoms with van der Waals surface area (Å²) in [6.07, 6.45) is 4.06. The van der Waals surface area contributed by atoms with Gasteiger partial charge in [0.2, 0.25) is 0 Å². The molecule has 0 saturated carbocycles. The average molecular weight is 314 g/mol. The lowest BCUT2D eigenvalue weighted by molar-refractivity contribution is 0.103. The van der Waals surface area contributed by atoms with Crippen molar-refractivity contribution in [3.63, 3.8) is 0 Å². The lowest BCUT2D eigenvalue weighted by Crippen LogP contribution is -2.08. The Bertz CT molecular complexity index is 618. The van der Waals surface area contributed by atoms with Crippen LogP contribution in [0.25, 0.3) is 4.91 Å². The molecule has 1 nitrogen and oxygen atoms in total. The molecule has 0 aliphatic carbocycles. The molecule has 2 aromatic rings. The Hall–Kier alpha value is -1.45. The molecule has 0 saturated heterocycles. The minimum absolute atomic E-state index is 0.123. The summed E-state index contributed by atoms with van der Waals surface area (Å²) in [6.45, 7) is 0. The topological polar surface area (TPSA) is 17.1 Å². The first-order valence-corrected chi connectivity index (χ1v) is 9.31. The summed E-state index contributed by atoms with van der Waals surface area (Å²) in [5, 5.41) is 0. The Kier molecular flexibility index (Phi) is 6.15. The monoisotopic (exact) mass is 314 g/mol. The van der Waals surface area contributed by atoms with E-state index in [2.05, 4.69) is 12.1 Å². The normalized spacial score (nSPS) is 11.9. The van der Waals surface area contributed by atoms with Crippen LogP contribution < -0.4 is 0 Å². The van der Waals surface area contributed by atoms with E-state index in [1.54, 1.807) is 23.5 Å². The highest BCUT2D eigenvalue weighted by Crippen LogP contribution is 2.31. The summed E-state index contributed by atoms with van der Waals surface area (Å²) in [7, 11) is 0. The van der Waals surface area contributed by atoms with Gasteiger partial charge in [0.15, 0.2) is 5.78 Å². The summed E-state index contributed by atoms with van der Waals surface area (Å²) in [5.41, 5.74) is 2.75. The predicted octanol–water partition coefficient (Wildman–Crippen LogP) is 5.01. The molecule has 0 unspecified atom stereocenters. The van der Waals surface area contributed by atoms with Crippen LogP contribution in [0.2, 0.25) is 0 Å². The van der Waals surface area contributed by atoms with Gasteiger partial charge in [0, 0.05) is 21.8 Å². The van der Waals surface area contributed by atoms with Crippen molar-refractivity contribution in [1.82, 2.24) is 0 Å². The molecule has 0 N–H and O–H groups in total. The summed E-state index contributed by atoms with van der Waals surface area (Å²) in [5.74, 6) is 0.844. The van der Waals surface area contributed by atoms with Crippen LogP contribution in [0.5, 0.6) is 0 Å². The number of rotatable bonds is 6. The molecule has 3 heteroatoms. The zero-order chi connectivity index (χ0) is 15.1. The maximum atomic E-state index is 12.8. The summed E-state index contributed by atoms with van der Waals surface area (Å²) in [4.78, 5) is 13.9. The number of carbonyl (C=O) groups is 1. The zero-order valence-corrected chi connectivity index (χ0v) is 13.8. The van der Waals surface area contributed by atoms with Crippen molar-refractivity contribution < 1.29 is 4.79 Å². The molecule has 0 radical (unpaired) electrons. The quantitative estimate of drug-likeness (QED) is 0.551. The number of Topliss-reactive ketones (excluding diaryl/α,β-unsaturated/α-hetero) is 1. The molecule has 21 heavy (non-hydrogen) atoms. The second-order valence-electron chi connectivity index (χ2n) is 4.51. The van der Waals surface area contributed by atoms with Gasteiger partial charge in [0.25, 0.3) is 0 Å². The Balaban J connectivity index is 2.50. The van der Waals surface area contributed by atoms with Gasteiger partial charge >= 0.3 is 0 Å². The highest BCUT2D eigenvalue weighted by molar-refractivity contribution is 8.07. The van der Waals surface area contributed by atoms with Crippen LogP contribution in [0.15, 0.2) is 66.2 Å². The fraction of sp³-hybridized carbons (Fsp3) is 0.167. The van der Waals surface area contributed by atoms with Crippen molar-refractivity contribution in [3.8, 4) is 0 Å². The van der Waals surface area contributed by atoms with Gasteiger partial charge in [-0.05, 0) is 18.1 Å². The second kappa shape index (κ2) is 8.11. The van der Waals surface area contributed by atoms with Crippen LogP contribution >= 0.6 is 23.5 Å². The fourth-order valence-electron chi connectivity index (χ4n) is 2.15. The van der Waals surface area contributed by atoms with Crippen LogP contribution in [-0.2, 0) is 0 Å². The van der Waals surface area contributed by atoms with E-state index in [0.717, 1.165) is 27.4 Å². The number of ketones is 1. The molecule has 0 aliphatic heterocycles. The highest BCUT2D eigenvalue weighted by Gasteiger charge is 2.17. The van der Waals surface area contributed by atoms with Gasteiger partial charge in [-0.15, -0.1) is 11.8 Å². The van der Waals surface area contributed by atoms with E-state index < -0.39 is 0 Å². The van der Waals surface area contributed by atoms with E-state index in [-0.39, 0.29) is 5.78 Å². The first-order chi connectivity index (χ1) is 10.3. The number of hydrogen-bond donors (Lipinski definition) is 0. The van der Waals surface area contributed by atoms with Gasteiger partial charge in [0.1, 0.15) is 0 Å². The molecule has 0 fully saturated rings. The van der Waals surface area contributed by atoms with Gasteiger partial charge in [-0.1, -0.05) is 60.7 Å². The van der Waals surface area contributed by atoms with E-state index in [1.807, 2.05) is 61.0 Å². The van der Waals surface area contributed by atoms with E-state index >= 15 is 0 Å². The first kappa shape index (κ1) is 15.9. The lowest BCUT2D eigenvalue weighted by Gasteiger charge is -2.13. The molecule has 0 spiro atoms. The number of carbonyl (C=O) groups excluding carboxylic acids is 1. The van der Waals surface area contributed by atoms with Crippen molar-refractivity contribution in [3.05, 3.63) is 77.4 Å². The predicted molar refractivity (Wildman–Crippen MR) is 96.0 cm³/mol. The van der Waals surface area contributed by atoms with Crippen LogP contribution in [0.1, 0.15) is 15.9 Å². The first-order valence-electron chi connectivity index (χ1n) is 6.69. The maximum Gasteiger partial charge on any atom is 0.190 e. The Morgan fingerprint density at radius 3 is 1.86 bits per heavy atom. The summed E-state index contributed by atoms with van der Waals surface area (Å²) in [6, 6.07) is 19.6. The van der Waals surface area contributed by atoms with Crippen molar-refractivity contribution in [2.24, 2.45) is 0 Å². The smallest absolute Gasteiger partial charge is 0.190 e. The van der Waals surface area contributed by atoms with Crippen LogP contribution in [-0.4, -0.2) is 24.0 Å². The Morgan fingerprint density at radius 2 is 1.38 bits per heavy atom. The van der Waals surface area contributed by atoms with Crippen LogP contribution in [0.4, 0.5) is 0 Å². The molecule has 0 heterocycles. The van der Waals surface area contributed by atoms with Crippen molar-refractivity contribution in [1.29, 1.82) is 0 Å². The summed E-state index contributed by atoms with van der Waals surface area (Å²) < 4.78 is 0. The fourth-order valence-corrected chi connectivity index (χ4v) is 3.59. The molecule has 0 atom stereocenters. The van der Waals surface area contributed by atoms with Gasteiger partial charge < -0.3 is 0 Å². The van der Waals surface area contributed by atoms with Crippen molar-refractivity contribution >= 4 is 34.2 Å². The third kappa shape index (κ3) is 4.02. The maximum absolute atomic E-state index is 12.8. The van der Waals surface area contributed by atoms with E-state index in [1.165, 1.54) is 0 Å². The molecule has 108 valence electrons. The number of hydrogen-bond acceptors (Lipinski definition) is 3. The molecule has 0 aliphatic rings. The van der Waals surface area contributed by atoms with E-state index in [0.29, 0.717) is 0 Å². The van der Waals surface area contributed by atoms with Crippen LogP contribution in [0.3, 0.4) is 0 Å². The SMILES string of the molecule is CSC/C(C(=O)c1ccccc1)=C(/SC)c1ccccc1. The molecule has 2 rings (SSSR count). The minimum atomic E-state index is 0.123. The molecule has 2 aromatic carbocycles. The number of thioether (sulfide) groups is 2. The van der Waals surface area contributed by atoms with Crippen molar-refractivity contribution in [2.45, 2.75) is 0 Å². The Labute approximate surface area is 134 Å². The van der Waals surface area contributed by atoms with Gasteiger partial charge in [-0.2, -0.15) is 11.8 Å². The van der Waals surface area contributed by atoms with Crippen LogP contribution in [0, 0.1) is 0 Å². The van der Waals surface area contributed by atoms with E-state index in [4.69, 9.17) is 0 Å². The molecule has 0 bridgehead atoms. The number of benzene rings is 2. The molecule has 0 amide bonds.